The zero-order valence-corrected chi connectivity index (χ0v) is 16.6. The first-order valence-corrected chi connectivity index (χ1v) is 9.85. The maximum Gasteiger partial charge on any atom is 0.254 e. The number of amides is 1. The van der Waals surface area contributed by atoms with Gasteiger partial charge in [0.05, 0.1) is 6.04 Å². The summed E-state index contributed by atoms with van der Waals surface area (Å²) in [5.74, 6) is -0.719. The summed E-state index contributed by atoms with van der Waals surface area (Å²) in [6.45, 7) is 4.08. The van der Waals surface area contributed by atoms with E-state index in [-0.39, 0.29) is 17.5 Å². The van der Waals surface area contributed by atoms with E-state index in [1.807, 2.05) is 37.3 Å². The zero-order valence-electron chi connectivity index (χ0n) is 16.6. The van der Waals surface area contributed by atoms with Crippen molar-refractivity contribution in [2.75, 3.05) is 26.2 Å². The highest BCUT2D eigenvalue weighted by Gasteiger charge is 2.28. The van der Waals surface area contributed by atoms with Crippen molar-refractivity contribution in [3.63, 3.8) is 0 Å². The van der Waals surface area contributed by atoms with Crippen LogP contribution in [0.3, 0.4) is 0 Å². The van der Waals surface area contributed by atoms with Gasteiger partial charge >= 0.3 is 0 Å². The molecule has 1 fully saturated rings. The number of carbonyl (C=O) groups is 1. The third kappa shape index (κ3) is 4.54. The Morgan fingerprint density at radius 2 is 1.73 bits per heavy atom. The lowest BCUT2D eigenvalue weighted by atomic mass is 10.1. The van der Waals surface area contributed by atoms with Gasteiger partial charge in [-0.1, -0.05) is 35.5 Å². The summed E-state index contributed by atoms with van der Waals surface area (Å²) in [5, 5.41) is 4.08. The highest BCUT2D eigenvalue weighted by atomic mass is 19.1. The first kappa shape index (κ1) is 20.2. The molecule has 1 aromatic heterocycles. The van der Waals surface area contributed by atoms with Crippen molar-refractivity contribution in [3.05, 3.63) is 83.0 Å². The van der Waals surface area contributed by atoms with Crippen molar-refractivity contribution in [1.29, 1.82) is 0 Å². The van der Waals surface area contributed by atoms with Gasteiger partial charge in [0.2, 0.25) is 5.89 Å². The first-order valence-electron chi connectivity index (χ1n) is 9.85. The summed E-state index contributed by atoms with van der Waals surface area (Å²) < 4.78 is 32.3. The zero-order chi connectivity index (χ0) is 21.1. The van der Waals surface area contributed by atoms with Gasteiger partial charge in [-0.2, -0.15) is 4.98 Å². The number of hydrogen-bond acceptors (Lipinski definition) is 5. The molecule has 30 heavy (non-hydrogen) atoms. The second-order valence-corrected chi connectivity index (χ2v) is 7.37. The van der Waals surface area contributed by atoms with E-state index in [0.717, 1.165) is 23.8 Å². The van der Waals surface area contributed by atoms with Crippen LogP contribution in [0.25, 0.3) is 0 Å². The molecular formula is C22H22F2N4O2. The van der Waals surface area contributed by atoms with Crippen LogP contribution >= 0.6 is 0 Å². The van der Waals surface area contributed by atoms with Crippen LogP contribution in [0.4, 0.5) is 8.78 Å². The molecule has 1 atom stereocenters. The Bertz CT molecular complexity index is 997. The van der Waals surface area contributed by atoms with E-state index in [1.165, 1.54) is 0 Å². The van der Waals surface area contributed by atoms with E-state index >= 15 is 0 Å². The van der Waals surface area contributed by atoms with Gasteiger partial charge in [0.25, 0.3) is 5.91 Å². The molecular weight excluding hydrogens is 390 g/mol. The Labute approximate surface area is 173 Å². The topological polar surface area (TPSA) is 62.5 Å². The van der Waals surface area contributed by atoms with Gasteiger partial charge in [-0.05, 0) is 24.6 Å². The highest BCUT2D eigenvalue weighted by molar-refractivity contribution is 5.94. The lowest BCUT2D eigenvalue weighted by Crippen LogP contribution is -2.49. The summed E-state index contributed by atoms with van der Waals surface area (Å²) in [6, 6.07) is 12.7. The SMILES string of the molecule is CC(c1nc(Cc2ccccc2)no1)N1CCN(C(=O)c2cc(F)cc(F)c2)CC1. The summed E-state index contributed by atoms with van der Waals surface area (Å²) in [5.41, 5.74) is 1.13. The Kier molecular flexibility index (Phi) is 5.85. The number of halogens is 2. The molecule has 2 aromatic carbocycles. The molecule has 0 spiro atoms. The van der Waals surface area contributed by atoms with Crippen LogP contribution in [0.2, 0.25) is 0 Å². The minimum atomic E-state index is -0.756. The molecule has 0 saturated carbocycles. The molecule has 0 radical (unpaired) electrons. The third-order valence-electron chi connectivity index (χ3n) is 5.30. The first-order chi connectivity index (χ1) is 14.5. The fourth-order valence-corrected chi connectivity index (χ4v) is 3.62. The van der Waals surface area contributed by atoms with Crippen LogP contribution in [-0.2, 0) is 6.42 Å². The Morgan fingerprint density at radius 1 is 1.07 bits per heavy atom. The fraction of sp³-hybridized carbons (Fsp3) is 0.318. The summed E-state index contributed by atoms with van der Waals surface area (Å²) in [6.07, 6.45) is 0.601. The lowest BCUT2D eigenvalue weighted by Gasteiger charge is -2.36. The van der Waals surface area contributed by atoms with Crippen LogP contribution in [0, 0.1) is 11.6 Å². The molecule has 6 nitrogen and oxygen atoms in total. The number of benzene rings is 2. The summed E-state index contributed by atoms with van der Waals surface area (Å²) in [7, 11) is 0. The second-order valence-electron chi connectivity index (χ2n) is 7.37. The van der Waals surface area contributed by atoms with Gasteiger partial charge < -0.3 is 9.42 Å². The maximum absolute atomic E-state index is 13.4. The van der Waals surface area contributed by atoms with E-state index in [1.54, 1.807) is 4.90 Å². The average molecular weight is 412 g/mol. The highest BCUT2D eigenvalue weighted by Crippen LogP contribution is 2.22. The second kappa shape index (κ2) is 8.71. The molecule has 1 aliphatic rings. The normalized spacial score (nSPS) is 15.9. The third-order valence-corrected chi connectivity index (χ3v) is 5.30. The molecule has 0 aliphatic carbocycles. The minimum Gasteiger partial charge on any atom is -0.338 e. The maximum atomic E-state index is 13.4. The molecule has 0 bridgehead atoms. The minimum absolute atomic E-state index is 0.0245. The van der Waals surface area contributed by atoms with Gasteiger partial charge in [-0.3, -0.25) is 9.69 Å². The van der Waals surface area contributed by atoms with Crippen LogP contribution in [0.5, 0.6) is 0 Å². The monoisotopic (exact) mass is 412 g/mol. The van der Waals surface area contributed by atoms with E-state index in [2.05, 4.69) is 15.0 Å². The Balaban J connectivity index is 1.35. The molecule has 4 rings (SSSR count). The predicted molar refractivity (Wildman–Crippen MR) is 106 cm³/mol. The summed E-state index contributed by atoms with van der Waals surface area (Å²) in [4.78, 5) is 20.8. The molecule has 1 unspecified atom stereocenters. The van der Waals surface area contributed by atoms with E-state index < -0.39 is 11.6 Å². The molecule has 1 amide bonds. The van der Waals surface area contributed by atoms with Gasteiger partial charge in [0.1, 0.15) is 11.6 Å². The Morgan fingerprint density at radius 3 is 2.40 bits per heavy atom. The van der Waals surface area contributed by atoms with Gasteiger partial charge in [0, 0.05) is 44.2 Å². The average Bonchev–Trinajstić information content (AvgIpc) is 3.21. The molecule has 3 aromatic rings. The van der Waals surface area contributed by atoms with Crippen LogP contribution in [0.1, 0.15) is 40.6 Å². The lowest BCUT2D eigenvalue weighted by molar-refractivity contribution is 0.0550. The van der Waals surface area contributed by atoms with Gasteiger partial charge in [-0.25, -0.2) is 8.78 Å². The standard InChI is InChI=1S/C22H22F2N4O2/c1-15(21-25-20(26-30-21)11-16-5-3-2-4-6-16)27-7-9-28(10-8-27)22(29)17-12-18(23)14-19(24)13-17/h2-6,12-15H,7-11H2,1H3. The molecule has 8 heteroatoms. The van der Waals surface area contributed by atoms with Crippen LogP contribution < -0.4 is 0 Å². The molecule has 1 aliphatic heterocycles. The number of rotatable bonds is 5. The molecule has 1 saturated heterocycles. The van der Waals surface area contributed by atoms with Crippen molar-refractivity contribution in [3.8, 4) is 0 Å². The molecule has 156 valence electrons. The van der Waals surface area contributed by atoms with Crippen LogP contribution in [0.15, 0.2) is 53.1 Å². The number of hydrogen-bond donors (Lipinski definition) is 0. The number of piperazine rings is 1. The van der Waals surface area contributed by atoms with Crippen molar-refractivity contribution >= 4 is 5.91 Å². The number of nitrogens with zero attached hydrogens (tertiary/aromatic N) is 4. The number of aromatic nitrogens is 2. The number of carbonyl (C=O) groups excluding carboxylic acids is 1. The fourth-order valence-electron chi connectivity index (χ4n) is 3.62. The molecule has 2 heterocycles. The van der Waals surface area contributed by atoms with Crippen molar-refractivity contribution in [1.82, 2.24) is 19.9 Å². The Hall–Kier alpha value is -3.13. The van der Waals surface area contributed by atoms with E-state index in [9.17, 15) is 13.6 Å². The van der Waals surface area contributed by atoms with Gasteiger partial charge in [-0.15, -0.1) is 0 Å². The molecule has 0 N–H and O–H groups in total. The van der Waals surface area contributed by atoms with Crippen molar-refractivity contribution in [2.45, 2.75) is 19.4 Å². The van der Waals surface area contributed by atoms with Crippen molar-refractivity contribution in [2.24, 2.45) is 0 Å². The summed E-state index contributed by atoms with van der Waals surface area (Å²) >= 11 is 0. The predicted octanol–water partition coefficient (Wildman–Crippen LogP) is 3.46. The van der Waals surface area contributed by atoms with Crippen LogP contribution in [-0.4, -0.2) is 52.0 Å². The quantitative estimate of drug-likeness (QED) is 0.642. The van der Waals surface area contributed by atoms with E-state index in [0.29, 0.717) is 44.3 Å². The van der Waals surface area contributed by atoms with Gasteiger partial charge in [0.15, 0.2) is 5.82 Å². The smallest absolute Gasteiger partial charge is 0.254 e. The van der Waals surface area contributed by atoms with E-state index in [4.69, 9.17) is 4.52 Å². The van der Waals surface area contributed by atoms with Crippen molar-refractivity contribution < 1.29 is 18.1 Å². The largest absolute Gasteiger partial charge is 0.338 e.